The van der Waals surface area contributed by atoms with Crippen molar-refractivity contribution in [3.63, 3.8) is 0 Å². The van der Waals surface area contributed by atoms with Gasteiger partial charge >= 0.3 is 0 Å². The molecule has 0 aromatic heterocycles. The fraction of sp³-hybridized carbons (Fsp3) is 0.800. The van der Waals surface area contributed by atoms with Crippen LogP contribution >= 0.6 is 0 Å². The molecule has 1 aliphatic rings. The highest BCUT2D eigenvalue weighted by atomic mass is 32.2. The van der Waals surface area contributed by atoms with Crippen molar-refractivity contribution in [2.24, 2.45) is 0 Å². The molecule has 0 N–H and O–H groups in total. The van der Waals surface area contributed by atoms with Gasteiger partial charge in [0.1, 0.15) is 5.54 Å². The van der Waals surface area contributed by atoms with Crippen molar-refractivity contribution >= 4 is 15.9 Å². The molecule has 16 heavy (non-hydrogen) atoms. The van der Waals surface area contributed by atoms with Gasteiger partial charge in [-0.1, -0.05) is 13.8 Å². The molecule has 1 rings (SSSR count). The van der Waals surface area contributed by atoms with Crippen molar-refractivity contribution in [2.45, 2.75) is 50.8 Å². The quantitative estimate of drug-likeness (QED) is 0.742. The van der Waals surface area contributed by atoms with Crippen LogP contribution in [0.4, 0.5) is 0 Å². The van der Waals surface area contributed by atoms with E-state index in [9.17, 15) is 13.2 Å². The zero-order valence-electron chi connectivity index (χ0n) is 9.94. The summed E-state index contributed by atoms with van der Waals surface area (Å²) in [6.45, 7) is 6.16. The van der Waals surface area contributed by atoms with Crippen molar-refractivity contribution in [1.82, 2.24) is 4.31 Å². The Morgan fingerprint density at radius 2 is 1.81 bits per heavy atom. The summed E-state index contributed by atoms with van der Waals surface area (Å²) >= 11 is 0. The summed E-state index contributed by atoms with van der Waals surface area (Å²) in [6, 6.07) is 1.97. The number of hydrogen-bond donors (Lipinski definition) is 0. The first-order chi connectivity index (χ1) is 7.21. The lowest BCUT2D eigenvalue weighted by Crippen LogP contribution is -2.73. The van der Waals surface area contributed by atoms with Gasteiger partial charge in [-0.05, 0) is 26.7 Å². The summed E-state index contributed by atoms with van der Waals surface area (Å²) in [7, 11) is -3.68. The fourth-order valence-corrected chi connectivity index (χ4v) is 3.66. The summed E-state index contributed by atoms with van der Waals surface area (Å²) in [6.07, 6.45) is 0.613. The van der Waals surface area contributed by atoms with Gasteiger partial charge in [-0.25, -0.2) is 12.7 Å². The lowest BCUT2D eigenvalue weighted by Gasteiger charge is -2.50. The highest BCUT2D eigenvalue weighted by Crippen LogP contribution is 2.42. The molecule has 1 heterocycles. The Morgan fingerprint density at radius 3 is 2.06 bits per heavy atom. The van der Waals surface area contributed by atoms with Crippen LogP contribution in [0.2, 0.25) is 0 Å². The summed E-state index contributed by atoms with van der Waals surface area (Å²) in [5, 5.41) is 9.12. The van der Waals surface area contributed by atoms with E-state index in [1.807, 2.05) is 6.07 Å². The third-order valence-electron chi connectivity index (χ3n) is 3.35. The van der Waals surface area contributed by atoms with E-state index in [2.05, 4.69) is 0 Å². The second-order valence-corrected chi connectivity index (χ2v) is 6.77. The van der Waals surface area contributed by atoms with Crippen LogP contribution in [0.1, 0.15) is 40.5 Å². The molecule has 1 fully saturated rings. The van der Waals surface area contributed by atoms with Crippen LogP contribution in [0.15, 0.2) is 0 Å². The Labute approximate surface area is 96.1 Å². The standard InChI is InChI=1S/C10H16N2O3S/c1-5-10(6-2,7-11)12-8(13)9(3,4)16(12,14)15/h5-6H2,1-4H3. The third kappa shape index (κ3) is 1.21. The lowest BCUT2D eigenvalue weighted by atomic mass is 9.93. The molecule has 0 atom stereocenters. The minimum absolute atomic E-state index is 0.307. The molecule has 6 heteroatoms. The van der Waals surface area contributed by atoms with Crippen LogP contribution < -0.4 is 0 Å². The average Bonchev–Trinajstić information content (AvgIpc) is 2.24. The van der Waals surface area contributed by atoms with Gasteiger partial charge in [0, 0.05) is 0 Å². The van der Waals surface area contributed by atoms with Crippen LogP contribution in [0.5, 0.6) is 0 Å². The SMILES string of the molecule is CCC(C#N)(CC)N1C(=O)C(C)(C)S1(=O)=O. The second-order valence-electron chi connectivity index (χ2n) is 4.44. The molecular formula is C10H16N2O3S. The average molecular weight is 244 g/mol. The van der Waals surface area contributed by atoms with Gasteiger partial charge in [-0.3, -0.25) is 4.79 Å². The first kappa shape index (κ1) is 13.0. The highest BCUT2D eigenvalue weighted by molar-refractivity contribution is 7.94. The minimum Gasteiger partial charge on any atom is -0.272 e. The van der Waals surface area contributed by atoms with Crippen molar-refractivity contribution in [3.8, 4) is 6.07 Å². The third-order valence-corrected chi connectivity index (χ3v) is 5.81. The van der Waals surface area contributed by atoms with Gasteiger partial charge in [0.15, 0.2) is 4.75 Å². The molecule has 5 nitrogen and oxygen atoms in total. The molecule has 0 aliphatic carbocycles. The Morgan fingerprint density at radius 1 is 1.38 bits per heavy atom. The van der Waals surface area contributed by atoms with Gasteiger partial charge in [0.25, 0.3) is 15.9 Å². The maximum absolute atomic E-state index is 12.0. The summed E-state index contributed by atoms with van der Waals surface area (Å²) < 4.78 is 23.3. The van der Waals surface area contributed by atoms with Gasteiger partial charge in [0.05, 0.1) is 6.07 Å². The monoisotopic (exact) mass is 244 g/mol. The molecule has 0 spiro atoms. The first-order valence-corrected chi connectivity index (χ1v) is 6.66. The van der Waals surface area contributed by atoms with Crippen LogP contribution in [-0.4, -0.2) is 28.9 Å². The highest BCUT2D eigenvalue weighted by Gasteiger charge is 2.66. The van der Waals surface area contributed by atoms with Gasteiger partial charge in [0.2, 0.25) is 0 Å². The first-order valence-electron chi connectivity index (χ1n) is 5.22. The molecule has 90 valence electrons. The number of nitriles is 1. The van der Waals surface area contributed by atoms with E-state index in [0.29, 0.717) is 12.8 Å². The zero-order valence-corrected chi connectivity index (χ0v) is 10.8. The summed E-state index contributed by atoms with van der Waals surface area (Å²) in [5.74, 6) is -0.488. The van der Waals surface area contributed by atoms with E-state index in [4.69, 9.17) is 5.26 Å². The van der Waals surface area contributed by atoms with Crippen molar-refractivity contribution in [3.05, 3.63) is 0 Å². The maximum atomic E-state index is 12.0. The van der Waals surface area contributed by atoms with E-state index in [-0.39, 0.29) is 0 Å². The van der Waals surface area contributed by atoms with Crippen molar-refractivity contribution < 1.29 is 13.2 Å². The van der Waals surface area contributed by atoms with Crippen LogP contribution in [0.25, 0.3) is 0 Å². The molecule has 0 unspecified atom stereocenters. The number of sulfonamides is 1. The van der Waals surface area contributed by atoms with Crippen molar-refractivity contribution in [1.29, 1.82) is 5.26 Å². The van der Waals surface area contributed by atoms with Crippen molar-refractivity contribution in [2.75, 3.05) is 0 Å². The molecule has 0 saturated carbocycles. The smallest absolute Gasteiger partial charge is 0.260 e. The van der Waals surface area contributed by atoms with Gasteiger partial charge in [-0.15, -0.1) is 0 Å². The van der Waals surface area contributed by atoms with Gasteiger partial charge in [-0.2, -0.15) is 5.26 Å². The van der Waals surface area contributed by atoms with E-state index < -0.39 is 26.2 Å². The molecule has 1 saturated heterocycles. The predicted molar refractivity (Wildman–Crippen MR) is 58.8 cm³/mol. The number of amides is 1. The number of carbonyl (C=O) groups is 1. The summed E-state index contributed by atoms with van der Waals surface area (Å²) in [4.78, 5) is 11.8. The molecule has 0 aromatic rings. The molecule has 0 radical (unpaired) electrons. The van der Waals surface area contributed by atoms with Crippen LogP contribution in [-0.2, 0) is 14.8 Å². The number of nitrogens with zero attached hydrogens (tertiary/aromatic N) is 2. The Bertz CT molecular complexity index is 455. The Balaban J connectivity index is 3.30. The predicted octanol–water partition coefficient (Wildman–Crippen LogP) is 1.02. The van der Waals surface area contributed by atoms with Crippen LogP contribution in [0, 0.1) is 11.3 Å². The Hall–Kier alpha value is -1.09. The molecule has 1 aliphatic heterocycles. The molecule has 0 bridgehead atoms. The number of rotatable bonds is 3. The van der Waals surface area contributed by atoms with E-state index in [1.165, 1.54) is 13.8 Å². The topological polar surface area (TPSA) is 78.2 Å². The number of carbonyl (C=O) groups excluding carboxylic acids is 1. The largest absolute Gasteiger partial charge is 0.272 e. The fourth-order valence-electron chi connectivity index (χ4n) is 1.82. The Kier molecular flexibility index (Phi) is 2.80. The molecule has 0 aromatic carbocycles. The number of hydrogen-bond acceptors (Lipinski definition) is 4. The second kappa shape index (κ2) is 3.45. The maximum Gasteiger partial charge on any atom is 0.260 e. The summed E-state index contributed by atoms with van der Waals surface area (Å²) in [5.41, 5.74) is -1.22. The van der Waals surface area contributed by atoms with E-state index >= 15 is 0 Å². The van der Waals surface area contributed by atoms with E-state index in [0.717, 1.165) is 4.31 Å². The molecular weight excluding hydrogens is 228 g/mol. The molecule has 1 amide bonds. The van der Waals surface area contributed by atoms with Gasteiger partial charge < -0.3 is 0 Å². The van der Waals surface area contributed by atoms with E-state index in [1.54, 1.807) is 13.8 Å². The zero-order chi connectivity index (χ0) is 12.8. The normalized spacial score (nSPS) is 22.4. The van der Waals surface area contributed by atoms with Crippen LogP contribution in [0.3, 0.4) is 0 Å². The minimum atomic E-state index is -3.68. The lowest BCUT2D eigenvalue weighted by molar-refractivity contribution is -0.135.